The van der Waals surface area contributed by atoms with Gasteiger partial charge in [0.25, 0.3) is 0 Å². The number of rotatable bonds is 2. The number of nitrogens with zero attached hydrogens (tertiary/aromatic N) is 4. The molecule has 2 aromatic rings. The molecule has 0 radical (unpaired) electrons. The predicted molar refractivity (Wildman–Crippen MR) is 88.6 cm³/mol. The molecule has 8 heteroatoms. The van der Waals surface area contributed by atoms with Gasteiger partial charge < -0.3 is 14.9 Å². The van der Waals surface area contributed by atoms with Gasteiger partial charge in [-0.25, -0.2) is 0 Å². The first-order valence-electron chi connectivity index (χ1n) is 7.94. The van der Waals surface area contributed by atoms with E-state index in [-0.39, 0.29) is 5.56 Å². The van der Waals surface area contributed by atoms with E-state index in [0.717, 1.165) is 44.1 Å². The Hall–Kier alpha value is -2.35. The van der Waals surface area contributed by atoms with E-state index in [1.807, 2.05) is 0 Å². The first-order chi connectivity index (χ1) is 11.8. The number of aryl methyl sites for hydroxylation is 1. The van der Waals surface area contributed by atoms with Crippen LogP contribution in [-0.2, 0) is 6.18 Å². The third kappa shape index (κ3) is 3.68. The van der Waals surface area contributed by atoms with Crippen molar-refractivity contribution in [2.24, 2.45) is 0 Å². The number of benzene rings is 1. The molecule has 0 spiro atoms. The van der Waals surface area contributed by atoms with Crippen LogP contribution in [0.3, 0.4) is 0 Å². The number of alkyl halides is 3. The lowest BCUT2D eigenvalue weighted by Crippen LogP contribution is -2.44. The molecule has 1 aliphatic heterocycles. The van der Waals surface area contributed by atoms with Gasteiger partial charge in [0.2, 0.25) is 0 Å². The molecule has 1 saturated heterocycles. The van der Waals surface area contributed by atoms with E-state index < -0.39 is 17.5 Å². The van der Waals surface area contributed by atoms with Crippen molar-refractivity contribution in [3.8, 4) is 17.0 Å². The number of likely N-dealkylation sites (N-methyl/N-ethyl adjacent to an activating group) is 1. The summed E-state index contributed by atoms with van der Waals surface area (Å²) in [6.45, 7) is 5.06. The standard InChI is InChI=1S/C17H19F3N4O/c1-11-9-12(17(18,19)20)10-14(25)16(11)13-3-4-15(22-21-13)24-7-5-23(2)6-8-24/h3-4,9-10,25H,5-8H2,1-2H3. The third-order valence-electron chi connectivity index (χ3n) is 4.38. The van der Waals surface area contributed by atoms with Gasteiger partial charge in [-0.1, -0.05) is 0 Å². The lowest BCUT2D eigenvalue weighted by molar-refractivity contribution is -0.137. The molecular weight excluding hydrogens is 333 g/mol. The maximum Gasteiger partial charge on any atom is 0.416 e. The number of halogens is 3. The van der Waals surface area contributed by atoms with Crippen molar-refractivity contribution >= 4 is 5.82 Å². The molecule has 2 heterocycles. The fourth-order valence-electron chi connectivity index (χ4n) is 2.93. The summed E-state index contributed by atoms with van der Waals surface area (Å²) >= 11 is 0. The summed E-state index contributed by atoms with van der Waals surface area (Å²) in [7, 11) is 2.06. The molecule has 1 N–H and O–H groups in total. The summed E-state index contributed by atoms with van der Waals surface area (Å²) < 4.78 is 38.5. The van der Waals surface area contributed by atoms with Crippen molar-refractivity contribution in [1.82, 2.24) is 15.1 Å². The Bertz CT molecular complexity index is 730. The van der Waals surface area contributed by atoms with E-state index in [1.54, 1.807) is 12.1 Å². The average Bonchev–Trinajstić information content (AvgIpc) is 2.55. The van der Waals surface area contributed by atoms with Crippen molar-refractivity contribution in [2.75, 3.05) is 38.1 Å². The Balaban J connectivity index is 1.88. The van der Waals surface area contributed by atoms with E-state index in [0.29, 0.717) is 11.3 Å². The molecule has 3 rings (SSSR count). The number of aromatic nitrogens is 2. The van der Waals surface area contributed by atoms with E-state index in [9.17, 15) is 18.3 Å². The van der Waals surface area contributed by atoms with Crippen molar-refractivity contribution < 1.29 is 18.3 Å². The highest BCUT2D eigenvalue weighted by Crippen LogP contribution is 2.38. The van der Waals surface area contributed by atoms with E-state index in [1.165, 1.54) is 6.92 Å². The molecule has 0 unspecified atom stereocenters. The van der Waals surface area contributed by atoms with Crippen LogP contribution in [0, 0.1) is 6.92 Å². The Morgan fingerprint density at radius 3 is 2.24 bits per heavy atom. The molecule has 0 saturated carbocycles. The first kappa shape index (κ1) is 17.5. The van der Waals surface area contributed by atoms with Crippen LogP contribution < -0.4 is 4.90 Å². The normalized spacial score (nSPS) is 16.3. The third-order valence-corrected chi connectivity index (χ3v) is 4.38. The maximum absolute atomic E-state index is 12.8. The second kappa shape index (κ2) is 6.51. The summed E-state index contributed by atoms with van der Waals surface area (Å²) in [6, 6.07) is 5.18. The molecular formula is C17H19F3N4O. The zero-order valence-electron chi connectivity index (χ0n) is 14.0. The van der Waals surface area contributed by atoms with Gasteiger partial charge in [-0.15, -0.1) is 10.2 Å². The predicted octanol–water partition coefficient (Wildman–Crippen LogP) is 2.93. The summed E-state index contributed by atoms with van der Waals surface area (Å²) in [4.78, 5) is 4.33. The minimum absolute atomic E-state index is 0.269. The van der Waals surface area contributed by atoms with Crippen molar-refractivity contribution in [3.63, 3.8) is 0 Å². The quantitative estimate of drug-likeness (QED) is 0.901. The second-order valence-electron chi connectivity index (χ2n) is 6.25. The summed E-state index contributed by atoms with van der Waals surface area (Å²) in [6.07, 6.45) is -4.50. The maximum atomic E-state index is 12.8. The van der Waals surface area contributed by atoms with Crippen molar-refractivity contribution in [1.29, 1.82) is 0 Å². The van der Waals surface area contributed by atoms with Crippen LogP contribution in [0.1, 0.15) is 11.1 Å². The molecule has 25 heavy (non-hydrogen) atoms. The van der Waals surface area contributed by atoms with Gasteiger partial charge in [-0.3, -0.25) is 0 Å². The van der Waals surface area contributed by atoms with Crippen LogP contribution in [0.5, 0.6) is 5.75 Å². The Morgan fingerprint density at radius 2 is 1.72 bits per heavy atom. The van der Waals surface area contributed by atoms with Crippen LogP contribution in [-0.4, -0.2) is 53.4 Å². The lowest BCUT2D eigenvalue weighted by Gasteiger charge is -2.32. The number of phenolic OH excluding ortho intramolecular Hbond substituents is 1. The number of phenols is 1. The number of hydrogen-bond donors (Lipinski definition) is 1. The monoisotopic (exact) mass is 352 g/mol. The average molecular weight is 352 g/mol. The highest BCUT2D eigenvalue weighted by atomic mass is 19.4. The van der Waals surface area contributed by atoms with Gasteiger partial charge in [0.05, 0.1) is 11.3 Å². The fourth-order valence-corrected chi connectivity index (χ4v) is 2.93. The minimum atomic E-state index is -4.50. The Morgan fingerprint density at radius 1 is 1.04 bits per heavy atom. The second-order valence-corrected chi connectivity index (χ2v) is 6.25. The van der Waals surface area contributed by atoms with Crippen LogP contribution in [0.15, 0.2) is 24.3 Å². The SMILES string of the molecule is Cc1cc(C(F)(F)F)cc(O)c1-c1ccc(N2CCN(C)CC2)nn1. The van der Waals surface area contributed by atoms with E-state index in [4.69, 9.17) is 0 Å². The molecule has 1 aliphatic rings. The number of aromatic hydroxyl groups is 1. The molecule has 0 atom stereocenters. The van der Waals surface area contributed by atoms with Gasteiger partial charge in [-0.2, -0.15) is 13.2 Å². The molecule has 1 aromatic carbocycles. The summed E-state index contributed by atoms with van der Waals surface area (Å²) in [5, 5.41) is 18.3. The number of anilines is 1. The topological polar surface area (TPSA) is 52.5 Å². The summed E-state index contributed by atoms with van der Waals surface area (Å²) in [5.41, 5.74) is 0.0364. The highest BCUT2D eigenvalue weighted by molar-refractivity contribution is 5.71. The van der Waals surface area contributed by atoms with Crippen molar-refractivity contribution in [3.05, 3.63) is 35.4 Å². The zero-order chi connectivity index (χ0) is 18.2. The van der Waals surface area contributed by atoms with Gasteiger partial charge in [0.15, 0.2) is 5.82 Å². The molecule has 0 bridgehead atoms. The molecule has 1 fully saturated rings. The molecule has 1 aromatic heterocycles. The molecule has 134 valence electrons. The minimum Gasteiger partial charge on any atom is -0.507 e. The van der Waals surface area contributed by atoms with Crippen LogP contribution >= 0.6 is 0 Å². The zero-order valence-corrected chi connectivity index (χ0v) is 14.0. The fraction of sp³-hybridized carbons (Fsp3) is 0.412. The molecule has 0 amide bonds. The Kier molecular flexibility index (Phi) is 4.55. The Labute approximate surface area is 143 Å². The van der Waals surface area contributed by atoms with Gasteiger partial charge in [-0.05, 0) is 43.8 Å². The van der Waals surface area contributed by atoms with Crippen LogP contribution in [0.2, 0.25) is 0 Å². The van der Waals surface area contributed by atoms with Crippen molar-refractivity contribution in [2.45, 2.75) is 13.1 Å². The number of piperazine rings is 1. The van der Waals surface area contributed by atoms with Gasteiger partial charge in [0, 0.05) is 31.7 Å². The van der Waals surface area contributed by atoms with Gasteiger partial charge >= 0.3 is 6.18 Å². The smallest absolute Gasteiger partial charge is 0.416 e. The largest absolute Gasteiger partial charge is 0.507 e. The van der Waals surface area contributed by atoms with E-state index in [2.05, 4.69) is 27.0 Å². The first-order valence-corrected chi connectivity index (χ1v) is 7.94. The molecule has 0 aliphatic carbocycles. The van der Waals surface area contributed by atoms with Crippen LogP contribution in [0.4, 0.5) is 19.0 Å². The number of hydrogen-bond acceptors (Lipinski definition) is 5. The van der Waals surface area contributed by atoms with E-state index >= 15 is 0 Å². The lowest BCUT2D eigenvalue weighted by atomic mass is 10.0. The highest BCUT2D eigenvalue weighted by Gasteiger charge is 2.32. The van der Waals surface area contributed by atoms with Crippen LogP contribution in [0.25, 0.3) is 11.3 Å². The summed E-state index contributed by atoms with van der Waals surface area (Å²) in [5.74, 6) is 0.273. The van der Waals surface area contributed by atoms with Gasteiger partial charge in [0.1, 0.15) is 5.75 Å². The molecule has 5 nitrogen and oxygen atoms in total.